The second-order valence-corrected chi connectivity index (χ2v) is 3.42. The van der Waals surface area contributed by atoms with Crippen LogP contribution in [0.5, 0.6) is 0 Å². The number of carbonyl (C=O) groups is 1. The summed E-state index contributed by atoms with van der Waals surface area (Å²) in [6.07, 6.45) is 4.13. The number of nitrogens with zero attached hydrogens (tertiary/aromatic N) is 1. The second-order valence-electron chi connectivity index (χ2n) is 3.42. The lowest BCUT2D eigenvalue weighted by Crippen LogP contribution is -2.26. The van der Waals surface area contributed by atoms with Gasteiger partial charge < -0.3 is 9.64 Å². The topological polar surface area (TPSA) is 29.5 Å². The van der Waals surface area contributed by atoms with Crippen molar-refractivity contribution in [3.8, 4) is 0 Å². The van der Waals surface area contributed by atoms with E-state index in [1.807, 2.05) is 0 Å². The summed E-state index contributed by atoms with van der Waals surface area (Å²) in [5, 5.41) is 0. The van der Waals surface area contributed by atoms with Gasteiger partial charge in [0.25, 0.3) is 0 Å². The van der Waals surface area contributed by atoms with Gasteiger partial charge in [0, 0.05) is 19.5 Å². The average Bonchev–Trinajstić information content (AvgIpc) is 2.16. The van der Waals surface area contributed by atoms with E-state index in [0.717, 1.165) is 25.9 Å². The van der Waals surface area contributed by atoms with Crippen molar-refractivity contribution in [3.05, 3.63) is 11.8 Å². The molecule has 74 valence electrons. The molecule has 0 amide bonds. The Balaban J connectivity index is 2.31. The van der Waals surface area contributed by atoms with Gasteiger partial charge in [-0.1, -0.05) is 6.92 Å². The predicted molar refractivity (Wildman–Crippen MR) is 51.2 cm³/mol. The highest BCUT2D eigenvalue weighted by Crippen LogP contribution is 2.14. The molecule has 1 aliphatic rings. The Morgan fingerprint density at radius 1 is 1.54 bits per heavy atom. The first kappa shape index (κ1) is 10.3. The minimum absolute atomic E-state index is 0.147. The van der Waals surface area contributed by atoms with E-state index in [1.54, 1.807) is 13.2 Å². The minimum Gasteiger partial charge on any atom is -0.435 e. The zero-order chi connectivity index (χ0) is 9.68. The van der Waals surface area contributed by atoms with Crippen LogP contribution in [-0.4, -0.2) is 31.0 Å². The molecule has 0 saturated carbocycles. The maximum absolute atomic E-state index is 10.8. The number of hydrogen-bond donors (Lipinski definition) is 0. The Morgan fingerprint density at radius 2 is 2.15 bits per heavy atom. The van der Waals surface area contributed by atoms with Crippen molar-refractivity contribution in [2.75, 3.05) is 20.1 Å². The molecule has 1 fully saturated rings. The van der Waals surface area contributed by atoms with Gasteiger partial charge >= 0.3 is 5.97 Å². The Hall–Kier alpha value is -0.830. The summed E-state index contributed by atoms with van der Waals surface area (Å²) in [6.45, 7) is 3.93. The van der Waals surface area contributed by atoms with E-state index in [9.17, 15) is 4.79 Å². The zero-order valence-electron chi connectivity index (χ0n) is 8.38. The summed E-state index contributed by atoms with van der Waals surface area (Å²) in [6, 6.07) is 0. The van der Waals surface area contributed by atoms with Crippen LogP contribution in [0.2, 0.25) is 0 Å². The van der Waals surface area contributed by atoms with Crippen molar-refractivity contribution in [1.82, 2.24) is 4.90 Å². The van der Waals surface area contributed by atoms with Crippen molar-refractivity contribution in [2.24, 2.45) is 0 Å². The number of hydrogen-bond acceptors (Lipinski definition) is 3. The second kappa shape index (κ2) is 5.02. The molecule has 13 heavy (non-hydrogen) atoms. The molecule has 3 heteroatoms. The summed E-state index contributed by atoms with van der Waals surface area (Å²) in [5.41, 5.74) is 1.25. The van der Waals surface area contributed by atoms with Crippen LogP contribution in [0.3, 0.4) is 0 Å². The number of likely N-dealkylation sites (tertiary alicyclic amines) is 1. The van der Waals surface area contributed by atoms with Crippen LogP contribution in [0, 0.1) is 0 Å². The largest absolute Gasteiger partial charge is 0.435 e. The first-order valence-electron chi connectivity index (χ1n) is 4.78. The monoisotopic (exact) mass is 183 g/mol. The van der Waals surface area contributed by atoms with Crippen LogP contribution in [-0.2, 0) is 9.53 Å². The molecular formula is C10H17NO2. The van der Waals surface area contributed by atoms with Gasteiger partial charge in [0.05, 0.1) is 6.26 Å². The highest BCUT2D eigenvalue weighted by atomic mass is 16.5. The van der Waals surface area contributed by atoms with Crippen molar-refractivity contribution in [3.63, 3.8) is 0 Å². The molecule has 0 aliphatic carbocycles. The van der Waals surface area contributed by atoms with Crippen LogP contribution in [0.4, 0.5) is 0 Å². The van der Waals surface area contributed by atoms with Crippen LogP contribution in [0.1, 0.15) is 26.2 Å². The average molecular weight is 183 g/mol. The molecule has 1 saturated heterocycles. The molecule has 1 aliphatic heterocycles. The van der Waals surface area contributed by atoms with Gasteiger partial charge in [-0.2, -0.15) is 0 Å². The van der Waals surface area contributed by atoms with E-state index < -0.39 is 0 Å². The van der Waals surface area contributed by atoms with Crippen molar-refractivity contribution >= 4 is 5.97 Å². The molecule has 1 heterocycles. The summed E-state index contributed by atoms with van der Waals surface area (Å²) in [4.78, 5) is 13.1. The fraction of sp³-hybridized carbons (Fsp3) is 0.700. The van der Waals surface area contributed by atoms with E-state index in [1.165, 1.54) is 5.57 Å². The van der Waals surface area contributed by atoms with Crippen LogP contribution >= 0.6 is 0 Å². The standard InChI is InChI=1S/C10H17NO2/c1-3-10(12)13-8-9-4-6-11(2)7-5-9/h8H,3-7H2,1-2H3. The van der Waals surface area contributed by atoms with Crippen molar-refractivity contribution in [2.45, 2.75) is 26.2 Å². The minimum atomic E-state index is -0.147. The fourth-order valence-corrected chi connectivity index (χ4v) is 1.26. The van der Waals surface area contributed by atoms with Gasteiger partial charge in [-0.15, -0.1) is 0 Å². The third-order valence-corrected chi connectivity index (χ3v) is 2.27. The number of piperidine rings is 1. The quantitative estimate of drug-likeness (QED) is 0.480. The summed E-state index contributed by atoms with van der Waals surface area (Å²) >= 11 is 0. The van der Waals surface area contributed by atoms with E-state index in [2.05, 4.69) is 11.9 Å². The highest BCUT2D eigenvalue weighted by Gasteiger charge is 2.10. The molecule has 0 bridgehead atoms. The molecule has 0 spiro atoms. The van der Waals surface area contributed by atoms with Gasteiger partial charge in [-0.3, -0.25) is 4.79 Å². The maximum atomic E-state index is 10.8. The molecule has 0 aromatic carbocycles. The zero-order valence-corrected chi connectivity index (χ0v) is 8.38. The van der Waals surface area contributed by atoms with Gasteiger partial charge in [0.2, 0.25) is 0 Å². The van der Waals surface area contributed by atoms with E-state index in [-0.39, 0.29) is 5.97 Å². The van der Waals surface area contributed by atoms with Gasteiger partial charge in [0.15, 0.2) is 0 Å². The van der Waals surface area contributed by atoms with Gasteiger partial charge in [-0.05, 0) is 25.5 Å². The van der Waals surface area contributed by atoms with Gasteiger partial charge in [0.1, 0.15) is 0 Å². The number of ether oxygens (including phenoxy) is 1. The molecule has 0 N–H and O–H groups in total. The lowest BCUT2D eigenvalue weighted by Gasteiger charge is -2.23. The van der Waals surface area contributed by atoms with Crippen molar-refractivity contribution < 1.29 is 9.53 Å². The number of esters is 1. The predicted octanol–water partition coefficient (Wildman–Crippen LogP) is 1.55. The molecule has 1 rings (SSSR count). The Kier molecular flexibility index (Phi) is 3.96. The first-order chi connectivity index (χ1) is 6.22. The Labute approximate surface area is 79.4 Å². The summed E-state index contributed by atoms with van der Waals surface area (Å²) in [7, 11) is 2.11. The van der Waals surface area contributed by atoms with Crippen LogP contribution < -0.4 is 0 Å². The Morgan fingerprint density at radius 3 is 2.69 bits per heavy atom. The number of carbonyl (C=O) groups excluding carboxylic acids is 1. The molecule has 0 atom stereocenters. The maximum Gasteiger partial charge on any atom is 0.310 e. The number of rotatable bonds is 2. The molecule has 0 unspecified atom stereocenters. The van der Waals surface area contributed by atoms with E-state index in [4.69, 9.17) is 4.74 Å². The molecular weight excluding hydrogens is 166 g/mol. The summed E-state index contributed by atoms with van der Waals surface area (Å²) < 4.78 is 4.95. The first-order valence-corrected chi connectivity index (χ1v) is 4.78. The Bertz CT molecular complexity index is 201. The van der Waals surface area contributed by atoms with Crippen LogP contribution in [0.25, 0.3) is 0 Å². The molecule has 0 aromatic heterocycles. The SMILES string of the molecule is CCC(=O)OC=C1CCN(C)CC1. The third-order valence-electron chi connectivity index (χ3n) is 2.27. The van der Waals surface area contributed by atoms with E-state index in [0.29, 0.717) is 6.42 Å². The molecule has 0 radical (unpaired) electrons. The normalized spacial score (nSPS) is 18.5. The summed E-state index contributed by atoms with van der Waals surface area (Å²) in [5.74, 6) is -0.147. The third kappa shape index (κ3) is 3.59. The fourth-order valence-electron chi connectivity index (χ4n) is 1.26. The lowest BCUT2D eigenvalue weighted by molar-refractivity contribution is -0.137. The lowest BCUT2D eigenvalue weighted by atomic mass is 10.1. The molecule has 0 aromatic rings. The molecule has 3 nitrogen and oxygen atoms in total. The van der Waals surface area contributed by atoms with E-state index >= 15 is 0 Å². The van der Waals surface area contributed by atoms with Gasteiger partial charge in [-0.25, -0.2) is 0 Å². The highest BCUT2D eigenvalue weighted by molar-refractivity contribution is 5.69. The van der Waals surface area contributed by atoms with Crippen LogP contribution in [0.15, 0.2) is 11.8 Å². The van der Waals surface area contributed by atoms with Crippen molar-refractivity contribution in [1.29, 1.82) is 0 Å². The smallest absolute Gasteiger partial charge is 0.310 e.